The summed E-state index contributed by atoms with van der Waals surface area (Å²) in [4.78, 5) is 0. The highest BCUT2D eigenvalue weighted by atomic mass is 16.7. The maximum atomic E-state index is 7.05. The lowest BCUT2D eigenvalue weighted by atomic mass is 9.97. The minimum absolute atomic E-state index is 0.199. The molecular weight excluding hydrogens is 757 g/mol. The Morgan fingerprint density at radius 1 is 0.483 bits per heavy atom. The fourth-order valence-corrected chi connectivity index (χ4v) is 7.38. The number of rotatable bonds is 19. The van der Waals surface area contributed by atoms with Gasteiger partial charge in [-0.05, 0) is 52.4 Å². The molecule has 8 rings (SSSR count). The van der Waals surface area contributed by atoms with E-state index in [0.717, 1.165) is 38.9 Å². The SMILES string of the molecule is Cc1cc(OCc2ccccc2)c(O[C@H]2O[C@H](COCc3ccccc3)[C@@H](OCc3ccccc3)[C@H](OCc3ccccc3)[C@H]2OCc2ccccc2)cc1C1OCCO1. The van der Waals surface area contributed by atoms with Crippen LogP contribution in [0.25, 0.3) is 0 Å². The van der Waals surface area contributed by atoms with Crippen molar-refractivity contribution in [1.29, 1.82) is 0 Å². The lowest BCUT2D eigenvalue weighted by molar-refractivity contribution is -0.310. The number of hydrogen-bond donors (Lipinski definition) is 0. The Morgan fingerprint density at radius 2 is 0.933 bits per heavy atom. The molecule has 0 N–H and O–H groups in total. The van der Waals surface area contributed by atoms with Crippen LogP contribution in [-0.2, 0) is 66.2 Å². The number of aryl methyl sites for hydroxylation is 1. The fraction of sp³-hybridized carbons (Fsp3) is 0.294. The Morgan fingerprint density at radius 3 is 1.45 bits per heavy atom. The van der Waals surface area contributed by atoms with Crippen LogP contribution in [0.4, 0.5) is 0 Å². The summed E-state index contributed by atoms with van der Waals surface area (Å²) >= 11 is 0. The summed E-state index contributed by atoms with van der Waals surface area (Å²) in [6.45, 7) is 4.86. The van der Waals surface area contributed by atoms with Gasteiger partial charge in [-0.2, -0.15) is 0 Å². The van der Waals surface area contributed by atoms with E-state index in [2.05, 4.69) is 0 Å². The molecule has 2 aliphatic rings. The Labute approximate surface area is 352 Å². The van der Waals surface area contributed by atoms with Crippen molar-refractivity contribution in [3.63, 3.8) is 0 Å². The molecule has 2 saturated heterocycles. The first-order valence-electron chi connectivity index (χ1n) is 20.6. The van der Waals surface area contributed by atoms with Gasteiger partial charge in [0, 0.05) is 5.56 Å². The van der Waals surface area contributed by atoms with Crippen molar-refractivity contribution in [1.82, 2.24) is 0 Å². The van der Waals surface area contributed by atoms with Gasteiger partial charge in [-0.1, -0.05) is 152 Å². The normalized spacial score (nSPS) is 20.5. The highest BCUT2D eigenvalue weighted by Crippen LogP contribution is 2.40. The monoisotopic (exact) mass is 808 g/mol. The largest absolute Gasteiger partial charge is 0.485 e. The second kappa shape index (κ2) is 21.2. The number of benzene rings is 6. The Kier molecular flexibility index (Phi) is 14.7. The van der Waals surface area contributed by atoms with Gasteiger partial charge >= 0.3 is 0 Å². The van der Waals surface area contributed by atoms with Crippen LogP contribution in [0, 0.1) is 6.92 Å². The molecule has 9 nitrogen and oxygen atoms in total. The topological polar surface area (TPSA) is 83.1 Å². The fourth-order valence-electron chi connectivity index (χ4n) is 7.38. The lowest BCUT2D eigenvalue weighted by Gasteiger charge is -2.45. The molecule has 0 saturated carbocycles. The van der Waals surface area contributed by atoms with Gasteiger partial charge < -0.3 is 42.6 Å². The maximum absolute atomic E-state index is 7.05. The second-order valence-corrected chi connectivity index (χ2v) is 14.9. The van der Waals surface area contributed by atoms with Crippen LogP contribution in [0.2, 0.25) is 0 Å². The molecule has 0 amide bonds. The van der Waals surface area contributed by atoms with Crippen LogP contribution in [0.5, 0.6) is 11.5 Å². The van der Waals surface area contributed by atoms with E-state index in [1.165, 1.54) is 0 Å². The Bertz CT molecular complexity index is 2150. The zero-order chi connectivity index (χ0) is 40.8. The first-order valence-corrected chi connectivity index (χ1v) is 20.6. The summed E-state index contributed by atoms with van der Waals surface area (Å²) < 4.78 is 59.7. The molecule has 0 spiro atoms. The lowest BCUT2D eigenvalue weighted by Crippen LogP contribution is -2.62. The summed E-state index contributed by atoms with van der Waals surface area (Å²) in [5, 5.41) is 0. The van der Waals surface area contributed by atoms with Gasteiger partial charge in [0.15, 0.2) is 17.8 Å². The summed E-state index contributed by atoms with van der Waals surface area (Å²) in [6.07, 6.45) is -4.21. The van der Waals surface area contributed by atoms with E-state index in [1.807, 2.05) is 171 Å². The average molecular weight is 809 g/mol. The van der Waals surface area contributed by atoms with Crippen molar-refractivity contribution in [3.05, 3.63) is 203 Å². The second-order valence-electron chi connectivity index (χ2n) is 14.9. The molecule has 0 bridgehead atoms. The number of ether oxygens (including phenoxy) is 9. The van der Waals surface area contributed by atoms with Crippen molar-refractivity contribution in [3.8, 4) is 11.5 Å². The minimum atomic E-state index is -0.989. The van der Waals surface area contributed by atoms with E-state index in [9.17, 15) is 0 Å². The summed E-state index contributed by atoms with van der Waals surface area (Å²) in [5.41, 5.74) is 6.89. The van der Waals surface area contributed by atoms with E-state index in [4.69, 9.17) is 42.6 Å². The van der Waals surface area contributed by atoms with Crippen LogP contribution in [0.1, 0.15) is 45.2 Å². The van der Waals surface area contributed by atoms with Crippen LogP contribution in [0.3, 0.4) is 0 Å². The standard InChI is InChI=1S/C51H52O9/c1-37-29-44(55-32-39-19-9-3-10-20-39)45(30-43(37)50-53-27-28-54-50)59-51-49(58-35-42-25-15-6-16-26-42)48(57-34-41-23-13-5-14-24-41)47(56-33-40-21-11-4-12-22-40)46(60-51)36-52-31-38-17-7-2-8-18-38/h2-26,29-30,46-51H,27-28,31-36H2,1H3/t46-,47-,48+,49-,51+/m1/s1. The Hall–Kier alpha value is -5.36. The van der Waals surface area contributed by atoms with Gasteiger partial charge in [0.1, 0.15) is 31.0 Å². The highest BCUT2D eigenvalue weighted by Gasteiger charge is 2.50. The molecule has 5 atom stereocenters. The molecule has 2 heterocycles. The van der Waals surface area contributed by atoms with Crippen molar-refractivity contribution >= 4 is 0 Å². The highest BCUT2D eigenvalue weighted by molar-refractivity contribution is 5.48. The van der Waals surface area contributed by atoms with E-state index < -0.39 is 37.0 Å². The van der Waals surface area contributed by atoms with Gasteiger partial charge in [-0.15, -0.1) is 0 Å². The molecule has 310 valence electrons. The maximum Gasteiger partial charge on any atom is 0.229 e. The molecule has 0 aliphatic carbocycles. The third kappa shape index (κ3) is 11.3. The molecule has 6 aromatic rings. The first-order chi connectivity index (χ1) is 29.7. The van der Waals surface area contributed by atoms with Crippen LogP contribution >= 0.6 is 0 Å². The summed E-state index contributed by atoms with van der Waals surface area (Å²) in [5.74, 6) is 1.00. The summed E-state index contributed by atoms with van der Waals surface area (Å²) in [7, 11) is 0. The van der Waals surface area contributed by atoms with Gasteiger partial charge in [0.05, 0.1) is 46.2 Å². The van der Waals surface area contributed by atoms with Gasteiger partial charge in [-0.25, -0.2) is 0 Å². The molecule has 0 aromatic heterocycles. The molecule has 60 heavy (non-hydrogen) atoms. The van der Waals surface area contributed by atoms with Gasteiger partial charge in [0.2, 0.25) is 6.29 Å². The minimum Gasteiger partial charge on any atom is -0.485 e. The summed E-state index contributed by atoms with van der Waals surface area (Å²) in [6, 6.07) is 54.3. The van der Waals surface area contributed by atoms with Crippen molar-refractivity contribution < 1.29 is 42.6 Å². The molecule has 2 aliphatic heterocycles. The smallest absolute Gasteiger partial charge is 0.229 e. The van der Waals surface area contributed by atoms with Crippen molar-refractivity contribution in [2.75, 3.05) is 19.8 Å². The van der Waals surface area contributed by atoms with Gasteiger partial charge in [-0.3, -0.25) is 0 Å². The zero-order valence-corrected chi connectivity index (χ0v) is 33.9. The molecular formula is C51H52O9. The molecule has 6 aromatic carbocycles. The van der Waals surface area contributed by atoms with Crippen LogP contribution in [0.15, 0.2) is 164 Å². The van der Waals surface area contributed by atoms with E-state index in [-0.39, 0.29) is 13.2 Å². The number of hydrogen-bond acceptors (Lipinski definition) is 9. The molecule has 9 heteroatoms. The van der Waals surface area contributed by atoms with Crippen LogP contribution in [-0.4, -0.2) is 50.5 Å². The van der Waals surface area contributed by atoms with Crippen molar-refractivity contribution in [2.45, 2.75) is 77.0 Å². The molecule has 0 unspecified atom stereocenters. The third-order valence-electron chi connectivity index (χ3n) is 10.5. The Balaban J connectivity index is 1.17. The first kappa shape index (κ1) is 41.4. The van der Waals surface area contributed by atoms with E-state index in [1.54, 1.807) is 0 Å². The third-order valence-corrected chi connectivity index (χ3v) is 10.5. The van der Waals surface area contributed by atoms with Gasteiger partial charge in [0.25, 0.3) is 0 Å². The molecule has 2 fully saturated rings. The van der Waals surface area contributed by atoms with E-state index in [0.29, 0.717) is 51.1 Å². The van der Waals surface area contributed by atoms with Crippen LogP contribution < -0.4 is 9.47 Å². The quantitative estimate of drug-likeness (QED) is 0.0795. The van der Waals surface area contributed by atoms with E-state index >= 15 is 0 Å². The van der Waals surface area contributed by atoms with Crippen molar-refractivity contribution in [2.24, 2.45) is 0 Å². The molecule has 0 radical (unpaired) electrons. The predicted octanol–water partition coefficient (Wildman–Crippen LogP) is 9.70. The predicted molar refractivity (Wildman–Crippen MR) is 227 cm³/mol. The average Bonchev–Trinajstić information content (AvgIpc) is 3.84. The zero-order valence-electron chi connectivity index (χ0n) is 33.9.